The molecular formula is C9H6BrIN2S. The highest BCUT2D eigenvalue weighted by Crippen LogP contribution is 2.30. The van der Waals surface area contributed by atoms with E-state index in [9.17, 15) is 0 Å². The molecule has 72 valence electrons. The van der Waals surface area contributed by atoms with Crippen LogP contribution in [0.3, 0.4) is 0 Å². The van der Waals surface area contributed by atoms with E-state index in [1.165, 1.54) is 17.1 Å². The third kappa shape index (κ3) is 2.14. The van der Waals surface area contributed by atoms with Crippen LogP contribution >= 0.6 is 50.1 Å². The Morgan fingerprint density at radius 1 is 1.43 bits per heavy atom. The Hall–Kier alpha value is -0.0100. The Bertz CT molecular complexity index is 470. The molecule has 5 heteroatoms. The summed E-state index contributed by atoms with van der Waals surface area (Å²) in [6.45, 7) is 2.07. The number of aryl methyl sites for hydroxylation is 1. The van der Waals surface area contributed by atoms with Gasteiger partial charge in [-0.05, 0) is 30.1 Å². The Balaban J connectivity index is 2.52. The summed E-state index contributed by atoms with van der Waals surface area (Å²) >= 11 is 7.07. The highest BCUT2D eigenvalue weighted by atomic mass is 127. The van der Waals surface area contributed by atoms with E-state index in [4.69, 9.17) is 0 Å². The summed E-state index contributed by atoms with van der Waals surface area (Å²) in [5, 5.41) is 0.960. The molecule has 0 N–H and O–H groups in total. The van der Waals surface area contributed by atoms with E-state index in [1.807, 2.05) is 0 Å². The molecule has 0 bridgehead atoms. The van der Waals surface area contributed by atoms with Crippen LogP contribution in [0.15, 0.2) is 22.7 Å². The monoisotopic (exact) mass is 380 g/mol. The fraction of sp³-hybridized carbons (Fsp3) is 0.111. The van der Waals surface area contributed by atoms with Crippen LogP contribution in [0.25, 0.3) is 10.6 Å². The van der Waals surface area contributed by atoms with Crippen LogP contribution in [0, 0.1) is 10.8 Å². The average Bonchev–Trinajstić information content (AvgIpc) is 2.51. The minimum absolute atomic E-state index is 0.801. The second kappa shape index (κ2) is 4.24. The predicted molar refractivity (Wildman–Crippen MR) is 70.5 cm³/mol. The zero-order chi connectivity index (χ0) is 10.1. The van der Waals surface area contributed by atoms with Crippen LogP contribution in [0.5, 0.6) is 0 Å². The van der Waals surface area contributed by atoms with Crippen LogP contribution in [-0.2, 0) is 0 Å². The van der Waals surface area contributed by atoms with Gasteiger partial charge in [0.15, 0.2) is 0 Å². The topological polar surface area (TPSA) is 25.8 Å². The SMILES string of the molecule is Cc1ccc(-c2nc(I)ns2)c(Br)c1. The smallest absolute Gasteiger partial charge is 0.203 e. The predicted octanol–water partition coefficient (Wildman–Crippen LogP) is 3.88. The summed E-state index contributed by atoms with van der Waals surface area (Å²) in [5.41, 5.74) is 2.34. The minimum Gasteiger partial charge on any atom is -0.210 e. The molecular weight excluding hydrogens is 375 g/mol. The molecule has 0 aliphatic rings. The molecule has 1 heterocycles. The van der Waals surface area contributed by atoms with Crippen LogP contribution < -0.4 is 0 Å². The van der Waals surface area contributed by atoms with Gasteiger partial charge in [-0.15, -0.1) is 0 Å². The molecule has 1 aromatic carbocycles. The first-order valence-electron chi connectivity index (χ1n) is 3.92. The van der Waals surface area contributed by atoms with Crippen molar-refractivity contribution in [3.05, 3.63) is 32.1 Å². The van der Waals surface area contributed by atoms with Crippen molar-refractivity contribution < 1.29 is 0 Å². The second-order valence-electron chi connectivity index (χ2n) is 2.85. The summed E-state index contributed by atoms with van der Waals surface area (Å²) in [5.74, 6) is 0. The highest BCUT2D eigenvalue weighted by molar-refractivity contribution is 14.1. The Morgan fingerprint density at radius 3 is 2.79 bits per heavy atom. The van der Waals surface area contributed by atoms with Gasteiger partial charge in [0.2, 0.25) is 3.83 Å². The van der Waals surface area contributed by atoms with Gasteiger partial charge in [-0.25, -0.2) is 4.98 Å². The Kier molecular flexibility index (Phi) is 3.18. The van der Waals surface area contributed by atoms with Crippen LogP contribution in [0.4, 0.5) is 0 Å². The van der Waals surface area contributed by atoms with Crippen molar-refractivity contribution >= 4 is 50.1 Å². The molecule has 0 saturated heterocycles. The Labute approximate surface area is 108 Å². The quantitative estimate of drug-likeness (QED) is 0.701. The maximum Gasteiger partial charge on any atom is 0.203 e. The molecule has 0 fully saturated rings. The number of aromatic nitrogens is 2. The van der Waals surface area contributed by atoms with E-state index in [0.29, 0.717) is 0 Å². The summed E-state index contributed by atoms with van der Waals surface area (Å²) in [7, 11) is 0. The van der Waals surface area contributed by atoms with Crippen LogP contribution in [-0.4, -0.2) is 9.36 Å². The van der Waals surface area contributed by atoms with Crippen molar-refractivity contribution in [2.75, 3.05) is 0 Å². The molecule has 2 nitrogen and oxygen atoms in total. The van der Waals surface area contributed by atoms with Crippen LogP contribution in [0.2, 0.25) is 0 Å². The van der Waals surface area contributed by atoms with Crippen molar-refractivity contribution in [1.29, 1.82) is 0 Å². The number of hydrogen-bond acceptors (Lipinski definition) is 3. The van der Waals surface area contributed by atoms with Crippen molar-refractivity contribution in [3.63, 3.8) is 0 Å². The molecule has 0 unspecified atom stereocenters. The van der Waals surface area contributed by atoms with Crippen molar-refractivity contribution in [1.82, 2.24) is 9.36 Å². The van der Waals surface area contributed by atoms with E-state index in [1.54, 1.807) is 0 Å². The number of benzene rings is 1. The third-order valence-electron chi connectivity index (χ3n) is 1.76. The number of rotatable bonds is 1. The third-order valence-corrected chi connectivity index (χ3v) is 3.97. The van der Waals surface area contributed by atoms with E-state index >= 15 is 0 Å². The zero-order valence-corrected chi connectivity index (χ0v) is 11.9. The number of nitrogens with zero attached hydrogens (tertiary/aromatic N) is 2. The summed E-state index contributed by atoms with van der Waals surface area (Å²) in [6.07, 6.45) is 0. The van der Waals surface area contributed by atoms with Gasteiger partial charge in [-0.3, -0.25) is 0 Å². The molecule has 0 atom stereocenters. The van der Waals surface area contributed by atoms with E-state index in [0.717, 1.165) is 18.9 Å². The standard InChI is InChI=1S/C9H6BrIN2S/c1-5-2-3-6(7(10)4-5)8-12-9(11)13-14-8/h2-4H,1H3. The molecule has 1 aromatic heterocycles. The maximum atomic E-state index is 4.34. The van der Waals surface area contributed by atoms with Crippen molar-refractivity contribution in [2.24, 2.45) is 0 Å². The van der Waals surface area contributed by atoms with Gasteiger partial charge in [0.05, 0.1) is 0 Å². The number of hydrogen-bond donors (Lipinski definition) is 0. The zero-order valence-electron chi connectivity index (χ0n) is 7.29. The first-order valence-corrected chi connectivity index (χ1v) is 6.57. The summed E-state index contributed by atoms with van der Waals surface area (Å²) < 4.78 is 6.03. The van der Waals surface area contributed by atoms with Gasteiger partial charge in [0.1, 0.15) is 5.01 Å². The van der Waals surface area contributed by atoms with E-state index in [2.05, 4.69) is 73.0 Å². The van der Waals surface area contributed by atoms with E-state index in [-0.39, 0.29) is 0 Å². The average molecular weight is 381 g/mol. The van der Waals surface area contributed by atoms with Gasteiger partial charge in [-0.2, -0.15) is 4.37 Å². The molecule has 0 spiro atoms. The maximum absolute atomic E-state index is 4.34. The molecule has 0 saturated carbocycles. The normalized spacial score (nSPS) is 10.5. The minimum atomic E-state index is 0.801. The molecule has 0 amide bonds. The van der Waals surface area contributed by atoms with Crippen molar-refractivity contribution in [2.45, 2.75) is 6.92 Å². The highest BCUT2D eigenvalue weighted by Gasteiger charge is 2.07. The summed E-state index contributed by atoms with van der Waals surface area (Å²) in [6, 6.07) is 6.23. The lowest BCUT2D eigenvalue weighted by Gasteiger charge is -2.00. The second-order valence-corrected chi connectivity index (χ2v) is 5.42. The molecule has 0 aliphatic carbocycles. The van der Waals surface area contributed by atoms with Gasteiger partial charge in [0.25, 0.3) is 0 Å². The van der Waals surface area contributed by atoms with Crippen LogP contribution in [0.1, 0.15) is 5.56 Å². The lowest BCUT2D eigenvalue weighted by Crippen LogP contribution is -1.80. The fourth-order valence-electron chi connectivity index (χ4n) is 1.11. The first kappa shape index (κ1) is 10.5. The summed E-state index contributed by atoms with van der Waals surface area (Å²) in [4.78, 5) is 4.34. The number of halogens is 2. The van der Waals surface area contributed by atoms with E-state index < -0.39 is 0 Å². The Morgan fingerprint density at radius 2 is 2.21 bits per heavy atom. The lowest BCUT2D eigenvalue weighted by molar-refractivity contribution is 1.25. The largest absolute Gasteiger partial charge is 0.210 e. The van der Waals surface area contributed by atoms with Gasteiger partial charge in [-0.1, -0.05) is 28.1 Å². The van der Waals surface area contributed by atoms with Gasteiger partial charge >= 0.3 is 0 Å². The molecule has 2 rings (SSSR count). The first-order chi connectivity index (χ1) is 6.66. The van der Waals surface area contributed by atoms with Crippen molar-refractivity contribution in [3.8, 4) is 10.6 Å². The molecule has 0 radical (unpaired) electrons. The lowest BCUT2D eigenvalue weighted by atomic mass is 10.2. The molecule has 0 aliphatic heterocycles. The fourth-order valence-corrected chi connectivity index (χ4v) is 3.23. The molecule has 14 heavy (non-hydrogen) atoms. The van der Waals surface area contributed by atoms with Gasteiger partial charge in [0, 0.05) is 32.6 Å². The van der Waals surface area contributed by atoms with Gasteiger partial charge < -0.3 is 0 Å². The molecule has 2 aromatic rings.